The number of hydrogen-bond donors (Lipinski definition) is 2. The van der Waals surface area contributed by atoms with Crippen molar-refractivity contribution in [3.63, 3.8) is 0 Å². The molecule has 0 spiro atoms. The molecule has 2 unspecified atom stereocenters. The molecule has 3 aliphatic heterocycles. The molecule has 2 saturated heterocycles. The second-order valence-corrected chi connectivity index (χ2v) is 8.74. The van der Waals surface area contributed by atoms with Crippen LogP contribution in [-0.2, 0) is 16.1 Å². The fraction of sp³-hybridized carbons (Fsp3) is 0.545. The van der Waals surface area contributed by atoms with Crippen LogP contribution < -0.4 is 10.6 Å². The quantitative estimate of drug-likeness (QED) is 0.674. The first kappa shape index (κ1) is 19.4. The lowest BCUT2D eigenvalue weighted by Crippen LogP contribution is -2.54. The van der Waals surface area contributed by atoms with Gasteiger partial charge >= 0.3 is 0 Å². The number of carbonyl (C=O) groups excluding carboxylic acids is 4. The summed E-state index contributed by atoms with van der Waals surface area (Å²) in [5, 5.41) is 5.78. The number of imide groups is 2. The Morgan fingerprint density at radius 3 is 2.57 bits per heavy atom. The van der Waals surface area contributed by atoms with Gasteiger partial charge in [0, 0.05) is 31.6 Å². The van der Waals surface area contributed by atoms with Crippen LogP contribution in [-0.4, -0.2) is 64.6 Å². The Morgan fingerprint density at radius 1 is 1.03 bits per heavy atom. The Balaban J connectivity index is 1.40. The van der Waals surface area contributed by atoms with Crippen LogP contribution in [0, 0.1) is 0 Å². The average Bonchev–Trinajstić information content (AvgIpc) is 3.39. The van der Waals surface area contributed by atoms with Crippen molar-refractivity contribution in [3.05, 3.63) is 34.9 Å². The van der Waals surface area contributed by atoms with E-state index in [4.69, 9.17) is 0 Å². The van der Waals surface area contributed by atoms with Gasteiger partial charge in [0.25, 0.3) is 11.8 Å². The predicted molar refractivity (Wildman–Crippen MR) is 108 cm³/mol. The van der Waals surface area contributed by atoms with Crippen molar-refractivity contribution in [2.24, 2.45) is 0 Å². The van der Waals surface area contributed by atoms with E-state index in [1.165, 1.54) is 6.42 Å². The van der Waals surface area contributed by atoms with E-state index in [9.17, 15) is 19.2 Å². The van der Waals surface area contributed by atoms with Crippen molar-refractivity contribution in [1.82, 2.24) is 20.4 Å². The van der Waals surface area contributed by atoms with Gasteiger partial charge in [0.1, 0.15) is 6.04 Å². The zero-order valence-electron chi connectivity index (χ0n) is 16.9. The van der Waals surface area contributed by atoms with Crippen LogP contribution in [0.25, 0.3) is 0 Å². The number of nitrogens with zero attached hydrogens (tertiary/aromatic N) is 2. The molecule has 1 aromatic rings. The Kier molecular flexibility index (Phi) is 4.91. The molecule has 1 saturated carbocycles. The van der Waals surface area contributed by atoms with Crippen molar-refractivity contribution in [2.75, 3.05) is 13.1 Å². The Labute approximate surface area is 175 Å². The molecule has 2 N–H and O–H groups in total. The third-order valence-electron chi connectivity index (χ3n) is 6.61. The van der Waals surface area contributed by atoms with E-state index in [1.54, 1.807) is 6.07 Å². The molecule has 0 bridgehead atoms. The number of fused-ring (bicyclic) bond motifs is 1. The predicted octanol–water partition coefficient (Wildman–Crippen LogP) is 0.804. The van der Waals surface area contributed by atoms with Crippen LogP contribution in [0.2, 0.25) is 0 Å². The summed E-state index contributed by atoms with van der Waals surface area (Å²) in [4.78, 5) is 53.5. The van der Waals surface area contributed by atoms with E-state index in [0.29, 0.717) is 29.8 Å². The molecule has 8 nitrogen and oxygen atoms in total. The normalized spacial score (nSPS) is 26.5. The molecule has 5 rings (SSSR count). The number of benzene rings is 1. The third kappa shape index (κ3) is 3.44. The zero-order valence-corrected chi connectivity index (χ0v) is 16.9. The minimum Gasteiger partial charge on any atom is -0.313 e. The molecule has 0 radical (unpaired) electrons. The molecule has 3 heterocycles. The first-order valence-corrected chi connectivity index (χ1v) is 10.8. The highest BCUT2D eigenvalue weighted by Gasteiger charge is 2.45. The zero-order chi connectivity index (χ0) is 20.8. The van der Waals surface area contributed by atoms with Crippen LogP contribution in [0.15, 0.2) is 18.2 Å². The van der Waals surface area contributed by atoms with Gasteiger partial charge in [0.15, 0.2) is 0 Å². The van der Waals surface area contributed by atoms with Gasteiger partial charge in [0.2, 0.25) is 11.8 Å². The maximum absolute atomic E-state index is 13.3. The number of hydrogen-bond acceptors (Lipinski definition) is 6. The first-order valence-electron chi connectivity index (χ1n) is 10.8. The van der Waals surface area contributed by atoms with Gasteiger partial charge in [-0.2, -0.15) is 0 Å². The minimum absolute atomic E-state index is 0.126. The molecular formula is C22H26N4O4. The maximum Gasteiger partial charge on any atom is 0.262 e. The standard InChI is InChI=1S/C22H26N4O4/c27-18-9-8-17(20(28)24-18)26-21(29)16-5-1-3-13(19(16)22(26)30)11-25(15-6-7-15)12-14-4-2-10-23-14/h1,3,5,14-15,17,23H,2,4,6-12H2,(H,24,27,28). The molecule has 1 aliphatic carbocycles. The van der Waals surface area contributed by atoms with Gasteiger partial charge in [-0.1, -0.05) is 12.1 Å². The van der Waals surface area contributed by atoms with Crippen LogP contribution in [0.1, 0.15) is 64.8 Å². The van der Waals surface area contributed by atoms with Crippen molar-refractivity contribution < 1.29 is 19.2 Å². The Morgan fingerprint density at radius 2 is 1.87 bits per heavy atom. The monoisotopic (exact) mass is 410 g/mol. The van der Waals surface area contributed by atoms with Gasteiger partial charge in [-0.3, -0.25) is 34.3 Å². The van der Waals surface area contributed by atoms with E-state index < -0.39 is 23.8 Å². The van der Waals surface area contributed by atoms with Crippen LogP contribution in [0.3, 0.4) is 0 Å². The summed E-state index contributed by atoms with van der Waals surface area (Å²) in [5.41, 5.74) is 1.61. The molecular weight excluding hydrogens is 384 g/mol. The molecule has 30 heavy (non-hydrogen) atoms. The Hall–Kier alpha value is -2.58. The highest BCUT2D eigenvalue weighted by atomic mass is 16.2. The number of piperidine rings is 1. The first-order chi connectivity index (χ1) is 14.5. The fourth-order valence-electron chi connectivity index (χ4n) is 4.91. The van der Waals surface area contributed by atoms with Crippen molar-refractivity contribution >= 4 is 23.6 Å². The van der Waals surface area contributed by atoms with Gasteiger partial charge in [0.05, 0.1) is 11.1 Å². The summed E-state index contributed by atoms with van der Waals surface area (Å²) in [6.45, 7) is 2.61. The minimum atomic E-state index is -0.926. The fourth-order valence-corrected chi connectivity index (χ4v) is 4.91. The van der Waals surface area contributed by atoms with Gasteiger partial charge < -0.3 is 5.32 Å². The Bertz CT molecular complexity index is 920. The lowest BCUT2D eigenvalue weighted by molar-refractivity contribution is -0.136. The summed E-state index contributed by atoms with van der Waals surface area (Å²) < 4.78 is 0. The number of rotatable bonds is 6. The molecule has 158 valence electrons. The van der Waals surface area contributed by atoms with Crippen molar-refractivity contribution in [2.45, 2.75) is 63.2 Å². The van der Waals surface area contributed by atoms with Crippen molar-refractivity contribution in [1.29, 1.82) is 0 Å². The van der Waals surface area contributed by atoms with Gasteiger partial charge in [-0.15, -0.1) is 0 Å². The average molecular weight is 410 g/mol. The molecule has 0 aromatic heterocycles. The number of carbonyl (C=O) groups is 4. The second kappa shape index (κ2) is 7.59. The molecule has 4 amide bonds. The summed E-state index contributed by atoms with van der Waals surface area (Å²) in [6, 6.07) is 5.46. The number of nitrogens with one attached hydrogen (secondary N) is 2. The van der Waals surface area contributed by atoms with Crippen molar-refractivity contribution in [3.8, 4) is 0 Å². The molecule has 8 heteroatoms. The molecule has 4 aliphatic rings. The van der Waals surface area contributed by atoms with Crippen LogP contribution in [0.5, 0.6) is 0 Å². The van der Waals surface area contributed by atoms with Crippen LogP contribution in [0.4, 0.5) is 0 Å². The SMILES string of the molecule is O=C1CCC(N2C(=O)c3cccc(CN(CC4CCCN4)C4CC4)c3C2=O)C(=O)N1. The summed E-state index contributed by atoms with van der Waals surface area (Å²) in [6.07, 6.45) is 4.98. The van der Waals surface area contributed by atoms with E-state index in [0.717, 1.165) is 42.8 Å². The molecule has 2 atom stereocenters. The van der Waals surface area contributed by atoms with E-state index >= 15 is 0 Å². The topological polar surface area (TPSA) is 98.8 Å². The summed E-state index contributed by atoms with van der Waals surface area (Å²) in [7, 11) is 0. The van der Waals surface area contributed by atoms with Gasteiger partial charge in [-0.25, -0.2) is 0 Å². The summed E-state index contributed by atoms with van der Waals surface area (Å²) in [5.74, 6) is -1.81. The maximum atomic E-state index is 13.3. The highest BCUT2D eigenvalue weighted by molar-refractivity contribution is 6.24. The largest absolute Gasteiger partial charge is 0.313 e. The highest BCUT2D eigenvalue weighted by Crippen LogP contribution is 2.33. The lowest BCUT2D eigenvalue weighted by Gasteiger charge is -2.28. The summed E-state index contributed by atoms with van der Waals surface area (Å²) >= 11 is 0. The molecule has 1 aromatic carbocycles. The van der Waals surface area contributed by atoms with E-state index in [-0.39, 0.29) is 18.7 Å². The van der Waals surface area contributed by atoms with Crippen LogP contribution >= 0.6 is 0 Å². The third-order valence-corrected chi connectivity index (χ3v) is 6.61. The van der Waals surface area contributed by atoms with E-state index in [1.807, 2.05) is 12.1 Å². The lowest BCUT2D eigenvalue weighted by atomic mass is 10.0. The number of amides is 4. The molecule has 3 fully saturated rings. The smallest absolute Gasteiger partial charge is 0.262 e. The van der Waals surface area contributed by atoms with E-state index in [2.05, 4.69) is 15.5 Å². The van der Waals surface area contributed by atoms with Gasteiger partial charge in [-0.05, 0) is 50.3 Å². The second-order valence-electron chi connectivity index (χ2n) is 8.74.